The van der Waals surface area contributed by atoms with Crippen LogP contribution in [0.2, 0.25) is 0 Å². The maximum absolute atomic E-state index is 12.3. The van der Waals surface area contributed by atoms with Crippen molar-refractivity contribution in [2.24, 2.45) is 5.92 Å². The van der Waals surface area contributed by atoms with Gasteiger partial charge in [0, 0.05) is 38.4 Å². The first-order chi connectivity index (χ1) is 10.8. The zero-order valence-electron chi connectivity index (χ0n) is 13.1. The van der Waals surface area contributed by atoms with Crippen LogP contribution in [0.5, 0.6) is 0 Å². The number of para-hydroxylation sites is 1. The highest BCUT2D eigenvalue weighted by Gasteiger charge is 2.23. The van der Waals surface area contributed by atoms with Gasteiger partial charge in [-0.1, -0.05) is 18.2 Å². The predicted molar refractivity (Wildman–Crippen MR) is 89.1 cm³/mol. The van der Waals surface area contributed by atoms with Crippen molar-refractivity contribution in [2.45, 2.75) is 12.8 Å². The molecule has 0 spiro atoms. The van der Waals surface area contributed by atoms with Gasteiger partial charge in [0.1, 0.15) is 0 Å². The molecule has 2 saturated heterocycles. The summed E-state index contributed by atoms with van der Waals surface area (Å²) >= 11 is 0. The number of piperidine rings is 1. The van der Waals surface area contributed by atoms with Gasteiger partial charge in [-0.25, -0.2) is 4.79 Å². The third-order valence-corrected chi connectivity index (χ3v) is 4.60. The molecule has 2 amide bonds. The first-order valence-corrected chi connectivity index (χ1v) is 8.35. The minimum atomic E-state index is 0.0187. The van der Waals surface area contributed by atoms with Crippen LogP contribution in [0, 0.1) is 5.92 Å². The number of hydrogen-bond donors (Lipinski definition) is 2. The smallest absolute Gasteiger partial charge is 0.321 e. The second-order valence-electron chi connectivity index (χ2n) is 6.30. The van der Waals surface area contributed by atoms with Crippen molar-refractivity contribution < 1.29 is 4.79 Å². The van der Waals surface area contributed by atoms with E-state index in [-0.39, 0.29) is 6.03 Å². The highest BCUT2D eigenvalue weighted by atomic mass is 16.2. The Morgan fingerprint density at radius 2 is 1.95 bits per heavy atom. The van der Waals surface area contributed by atoms with Crippen LogP contribution in [0.3, 0.4) is 0 Å². The third kappa shape index (κ3) is 4.21. The van der Waals surface area contributed by atoms with E-state index < -0.39 is 0 Å². The fraction of sp³-hybridized carbons (Fsp3) is 0.588. The van der Waals surface area contributed by atoms with Crippen LogP contribution in [-0.2, 0) is 0 Å². The summed E-state index contributed by atoms with van der Waals surface area (Å²) in [6.45, 7) is 7.09. The summed E-state index contributed by atoms with van der Waals surface area (Å²) in [5.41, 5.74) is 0.864. The highest BCUT2D eigenvalue weighted by Crippen LogP contribution is 2.14. The average molecular weight is 302 g/mol. The van der Waals surface area contributed by atoms with Crippen LogP contribution in [-0.4, -0.2) is 61.6 Å². The number of amides is 2. The summed E-state index contributed by atoms with van der Waals surface area (Å²) < 4.78 is 0. The fourth-order valence-electron chi connectivity index (χ4n) is 3.30. The van der Waals surface area contributed by atoms with Gasteiger partial charge in [-0.05, 0) is 44.0 Å². The number of benzene rings is 1. The van der Waals surface area contributed by atoms with Gasteiger partial charge in [0.2, 0.25) is 0 Å². The summed E-state index contributed by atoms with van der Waals surface area (Å²) in [6.07, 6.45) is 2.63. The Labute approximate surface area is 132 Å². The average Bonchev–Trinajstić information content (AvgIpc) is 2.57. The fourth-order valence-corrected chi connectivity index (χ4v) is 3.30. The van der Waals surface area contributed by atoms with Crippen molar-refractivity contribution in [1.82, 2.24) is 15.1 Å². The van der Waals surface area contributed by atoms with Crippen LogP contribution >= 0.6 is 0 Å². The van der Waals surface area contributed by atoms with Gasteiger partial charge in [-0.15, -0.1) is 0 Å². The molecule has 0 aliphatic carbocycles. The van der Waals surface area contributed by atoms with E-state index in [1.165, 1.54) is 25.9 Å². The molecule has 5 heteroatoms. The van der Waals surface area contributed by atoms with E-state index in [0.29, 0.717) is 0 Å². The maximum atomic E-state index is 12.3. The SMILES string of the molecule is O=C(Nc1ccccc1)N1CCN(C[C@@H]2CCCNC2)CC1. The van der Waals surface area contributed by atoms with Gasteiger partial charge in [-0.2, -0.15) is 0 Å². The third-order valence-electron chi connectivity index (χ3n) is 4.60. The molecule has 2 fully saturated rings. The molecule has 1 aromatic carbocycles. The lowest BCUT2D eigenvalue weighted by atomic mass is 9.99. The lowest BCUT2D eigenvalue weighted by Gasteiger charge is -2.37. The number of hydrogen-bond acceptors (Lipinski definition) is 3. The van der Waals surface area contributed by atoms with Crippen molar-refractivity contribution in [2.75, 3.05) is 51.1 Å². The topological polar surface area (TPSA) is 47.6 Å². The van der Waals surface area contributed by atoms with Crippen molar-refractivity contribution in [3.8, 4) is 0 Å². The molecular weight excluding hydrogens is 276 g/mol. The largest absolute Gasteiger partial charge is 0.322 e. The minimum absolute atomic E-state index is 0.0187. The Hall–Kier alpha value is -1.59. The van der Waals surface area contributed by atoms with Crippen molar-refractivity contribution in [3.63, 3.8) is 0 Å². The zero-order chi connectivity index (χ0) is 15.2. The van der Waals surface area contributed by atoms with Crippen LogP contribution in [0.1, 0.15) is 12.8 Å². The molecule has 5 nitrogen and oxygen atoms in total. The summed E-state index contributed by atoms with van der Waals surface area (Å²) in [7, 11) is 0. The molecule has 2 aliphatic heterocycles. The van der Waals surface area contributed by atoms with Gasteiger partial charge >= 0.3 is 6.03 Å². The zero-order valence-corrected chi connectivity index (χ0v) is 13.1. The van der Waals surface area contributed by atoms with E-state index in [1.54, 1.807) is 0 Å². The Morgan fingerprint density at radius 3 is 2.64 bits per heavy atom. The molecule has 2 N–H and O–H groups in total. The molecule has 0 unspecified atom stereocenters. The Balaban J connectivity index is 1.42. The van der Waals surface area contributed by atoms with Crippen molar-refractivity contribution in [3.05, 3.63) is 30.3 Å². The molecule has 1 atom stereocenters. The van der Waals surface area contributed by atoms with Gasteiger partial charge in [-0.3, -0.25) is 4.90 Å². The van der Waals surface area contributed by atoms with Crippen LogP contribution in [0.15, 0.2) is 30.3 Å². The lowest BCUT2D eigenvalue weighted by molar-refractivity contribution is 0.128. The number of nitrogens with zero attached hydrogens (tertiary/aromatic N) is 2. The van der Waals surface area contributed by atoms with E-state index in [0.717, 1.165) is 44.3 Å². The predicted octanol–water partition coefficient (Wildman–Crippen LogP) is 1.84. The van der Waals surface area contributed by atoms with E-state index in [2.05, 4.69) is 15.5 Å². The van der Waals surface area contributed by atoms with Crippen molar-refractivity contribution in [1.29, 1.82) is 0 Å². The van der Waals surface area contributed by atoms with Crippen LogP contribution < -0.4 is 10.6 Å². The molecule has 0 radical (unpaired) electrons. The summed E-state index contributed by atoms with van der Waals surface area (Å²) in [5.74, 6) is 0.776. The highest BCUT2D eigenvalue weighted by molar-refractivity contribution is 5.89. The van der Waals surface area contributed by atoms with Crippen LogP contribution in [0.4, 0.5) is 10.5 Å². The van der Waals surface area contributed by atoms with Gasteiger partial charge in [0.05, 0.1) is 0 Å². The molecule has 0 saturated carbocycles. The lowest BCUT2D eigenvalue weighted by Crippen LogP contribution is -2.51. The second kappa shape index (κ2) is 7.61. The first-order valence-electron chi connectivity index (χ1n) is 8.35. The van der Waals surface area contributed by atoms with E-state index >= 15 is 0 Å². The number of nitrogens with one attached hydrogen (secondary N) is 2. The van der Waals surface area contributed by atoms with E-state index in [9.17, 15) is 4.79 Å². The molecule has 22 heavy (non-hydrogen) atoms. The Bertz CT molecular complexity index is 465. The number of carbonyl (C=O) groups is 1. The summed E-state index contributed by atoms with van der Waals surface area (Å²) in [5, 5.41) is 6.44. The summed E-state index contributed by atoms with van der Waals surface area (Å²) in [4.78, 5) is 16.7. The molecule has 0 bridgehead atoms. The quantitative estimate of drug-likeness (QED) is 0.895. The minimum Gasteiger partial charge on any atom is -0.322 e. The molecule has 2 heterocycles. The number of anilines is 1. The number of carbonyl (C=O) groups excluding carboxylic acids is 1. The standard InChI is InChI=1S/C17H26N4O/c22-17(19-16-6-2-1-3-7-16)21-11-9-20(10-12-21)14-15-5-4-8-18-13-15/h1-3,6-7,15,18H,4-5,8-14H2,(H,19,22)/t15-/m1/s1. The van der Waals surface area contributed by atoms with Gasteiger partial charge in [0.15, 0.2) is 0 Å². The Kier molecular flexibility index (Phi) is 5.29. The van der Waals surface area contributed by atoms with Crippen molar-refractivity contribution >= 4 is 11.7 Å². The Morgan fingerprint density at radius 1 is 1.18 bits per heavy atom. The monoisotopic (exact) mass is 302 g/mol. The van der Waals surface area contributed by atoms with Crippen LogP contribution in [0.25, 0.3) is 0 Å². The normalized spacial score (nSPS) is 23.3. The second-order valence-corrected chi connectivity index (χ2v) is 6.30. The molecule has 0 aromatic heterocycles. The molecular formula is C17H26N4O. The first kappa shape index (κ1) is 15.3. The van der Waals surface area contributed by atoms with Gasteiger partial charge < -0.3 is 15.5 Å². The molecule has 1 aromatic rings. The van der Waals surface area contributed by atoms with E-state index in [4.69, 9.17) is 0 Å². The number of urea groups is 1. The molecule has 3 rings (SSSR count). The van der Waals surface area contributed by atoms with E-state index in [1.807, 2.05) is 35.2 Å². The maximum Gasteiger partial charge on any atom is 0.321 e. The van der Waals surface area contributed by atoms with Gasteiger partial charge in [0.25, 0.3) is 0 Å². The molecule has 2 aliphatic rings. The molecule has 120 valence electrons. The number of piperazine rings is 1. The summed E-state index contributed by atoms with van der Waals surface area (Å²) in [6, 6.07) is 9.69. The number of rotatable bonds is 3.